The maximum Gasteiger partial charge on any atom is 0.458 e. The summed E-state index contributed by atoms with van der Waals surface area (Å²) in [5, 5.41) is 0. The average Bonchev–Trinajstić information content (AvgIpc) is 2.65. The van der Waals surface area contributed by atoms with E-state index >= 15 is 0 Å². The number of hydrogen-bond donors (Lipinski definition) is 1. The SMILES string of the molecule is CONCC1=C(n2ccccc2=O)c2cc(C(F)(F)C(F)(F)F)ccc2OC1(C)C. The second-order valence-electron chi connectivity index (χ2n) is 7.16. The van der Waals surface area contributed by atoms with Crippen molar-refractivity contribution in [1.82, 2.24) is 10.0 Å². The van der Waals surface area contributed by atoms with E-state index in [4.69, 9.17) is 9.57 Å². The average molecular weight is 430 g/mol. The van der Waals surface area contributed by atoms with Gasteiger partial charge in [0.15, 0.2) is 0 Å². The second-order valence-corrected chi connectivity index (χ2v) is 7.16. The lowest BCUT2D eigenvalue weighted by atomic mass is 9.88. The number of aromatic nitrogens is 1. The van der Waals surface area contributed by atoms with Crippen LogP contribution < -0.4 is 15.8 Å². The van der Waals surface area contributed by atoms with E-state index in [1.165, 1.54) is 30.0 Å². The van der Waals surface area contributed by atoms with Crippen LogP contribution in [0.3, 0.4) is 0 Å². The molecule has 1 aliphatic heterocycles. The molecule has 0 fully saturated rings. The predicted molar refractivity (Wildman–Crippen MR) is 99.1 cm³/mol. The zero-order valence-electron chi connectivity index (χ0n) is 16.3. The number of halogens is 5. The molecule has 0 unspecified atom stereocenters. The smallest absolute Gasteiger partial charge is 0.458 e. The lowest BCUT2D eigenvalue weighted by molar-refractivity contribution is -0.289. The van der Waals surface area contributed by atoms with E-state index in [0.29, 0.717) is 17.7 Å². The van der Waals surface area contributed by atoms with Crippen LogP contribution in [-0.2, 0) is 10.8 Å². The van der Waals surface area contributed by atoms with Gasteiger partial charge in [-0.2, -0.15) is 27.4 Å². The van der Waals surface area contributed by atoms with Crippen LogP contribution in [0.4, 0.5) is 22.0 Å². The molecule has 10 heteroatoms. The molecule has 0 saturated heterocycles. The topological polar surface area (TPSA) is 52.5 Å². The third-order valence-electron chi connectivity index (χ3n) is 4.79. The monoisotopic (exact) mass is 430 g/mol. The summed E-state index contributed by atoms with van der Waals surface area (Å²) < 4.78 is 73.9. The number of alkyl halides is 5. The van der Waals surface area contributed by atoms with Gasteiger partial charge >= 0.3 is 12.1 Å². The van der Waals surface area contributed by atoms with Gasteiger partial charge in [0.1, 0.15) is 11.4 Å². The molecule has 0 aliphatic carbocycles. The number of nitrogens with one attached hydrogen (secondary N) is 1. The molecule has 0 amide bonds. The number of fused-ring (bicyclic) bond motifs is 1. The van der Waals surface area contributed by atoms with Gasteiger partial charge in [0.25, 0.3) is 5.56 Å². The van der Waals surface area contributed by atoms with Gasteiger partial charge in [0, 0.05) is 35.5 Å². The molecule has 1 aliphatic rings. The molecule has 0 spiro atoms. The van der Waals surface area contributed by atoms with Crippen LogP contribution >= 0.6 is 0 Å². The van der Waals surface area contributed by atoms with Gasteiger partial charge in [0.2, 0.25) is 0 Å². The first-order valence-electron chi connectivity index (χ1n) is 8.86. The van der Waals surface area contributed by atoms with E-state index < -0.39 is 28.8 Å². The first-order chi connectivity index (χ1) is 13.9. The highest BCUT2D eigenvalue weighted by atomic mass is 19.4. The van der Waals surface area contributed by atoms with Crippen LogP contribution in [0.2, 0.25) is 0 Å². The van der Waals surface area contributed by atoms with E-state index in [1.54, 1.807) is 19.9 Å². The van der Waals surface area contributed by atoms with Crippen LogP contribution in [0.25, 0.3) is 5.70 Å². The normalized spacial score (nSPS) is 16.3. The summed E-state index contributed by atoms with van der Waals surface area (Å²) in [6, 6.07) is 6.73. The molecule has 0 radical (unpaired) electrons. The fourth-order valence-electron chi connectivity index (χ4n) is 3.28. The summed E-state index contributed by atoms with van der Waals surface area (Å²) in [5.74, 6) is -5.00. The molecule has 1 aromatic heterocycles. The Labute approximate surface area is 168 Å². The number of rotatable bonds is 5. The molecule has 0 bridgehead atoms. The fraction of sp³-hybridized carbons (Fsp3) is 0.350. The minimum absolute atomic E-state index is 0.0273. The molecule has 0 saturated carbocycles. The van der Waals surface area contributed by atoms with Crippen molar-refractivity contribution in [3.05, 3.63) is 69.6 Å². The van der Waals surface area contributed by atoms with Crippen molar-refractivity contribution in [2.24, 2.45) is 0 Å². The highest BCUT2D eigenvalue weighted by Crippen LogP contribution is 2.47. The van der Waals surface area contributed by atoms with Gasteiger partial charge in [-0.1, -0.05) is 6.07 Å². The molecular formula is C20H19F5N2O3. The fourth-order valence-corrected chi connectivity index (χ4v) is 3.28. The van der Waals surface area contributed by atoms with Gasteiger partial charge < -0.3 is 9.57 Å². The Morgan fingerprint density at radius 1 is 1.13 bits per heavy atom. The van der Waals surface area contributed by atoms with Crippen molar-refractivity contribution in [3.8, 4) is 5.75 Å². The third kappa shape index (κ3) is 3.72. The Balaban J connectivity index is 2.34. The number of pyridine rings is 1. The van der Waals surface area contributed by atoms with Crippen LogP contribution in [0.1, 0.15) is 25.0 Å². The van der Waals surface area contributed by atoms with Gasteiger partial charge in [0.05, 0.1) is 12.8 Å². The van der Waals surface area contributed by atoms with Crippen molar-refractivity contribution in [2.45, 2.75) is 31.5 Å². The van der Waals surface area contributed by atoms with Crippen molar-refractivity contribution >= 4 is 5.70 Å². The van der Waals surface area contributed by atoms with E-state index in [-0.39, 0.29) is 23.6 Å². The molecule has 5 nitrogen and oxygen atoms in total. The highest BCUT2D eigenvalue weighted by molar-refractivity contribution is 5.77. The molecule has 162 valence electrons. The first kappa shape index (κ1) is 22.0. The number of ether oxygens (including phenoxy) is 1. The summed E-state index contributed by atoms with van der Waals surface area (Å²) >= 11 is 0. The molecule has 0 atom stereocenters. The van der Waals surface area contributed by atoms with Crippen LogP contribution in [0.5, 0.6) is 5.75 Å². The van der Waals surface area contributed by atoms with Crippen molar-refractivity contribution < 1.29 is 31.5 Å². The lowest BCUT2D eigenvalue weighted by Crippen LogP contribution is -2.41. The standard InChI is InChI=1S/C20H19F5N2O3/c1-18(2)14(11-26-29-3)17(27-9-5-4-6-16(27)28)13-10-12(7-8-15(13)30-18)19(21,22)20(23,24)25/h4-10,26H,11H2,1-3H3. The largest absolute Gasteiger partial charge is 0.483 e. The van der Waals surface area contributed by atoms with Crippen molar-refractivity contribution in [2.75, 3.05) is 13.7 Å². The number of benzene rings is 1. The van der Waals surface area contributed by atoms with Crippen LogP contribution in [-0.4, -0.2) is 30.0 Å². The first-order valence-corrected chi connectivity index (χ1v) is 8.86. The summed E-state index contributed by atoms with van der Waals surface area (Å²) in [6.45, 7) is 3.41. The van der Waals surface area contributed by atoms with E-state index in [1.807, 2.05) is 0 Å². The van der Waals surface area contributed by atoms with Gasteiger partial charge in [-0.15, -0.1) is 0 Å². The zero-order chi connectivity index (χ0) is 22.3. The Kier molecular flexibility index (Phi) is 5.50. The quantitative estimate of drug-likeness (QED) is 0.574. The summed E-state index contributed by atoms with van der Waals surface area (Å²) in [4.78, 5) is 17.4. The minimum Gasteiger partial charge on any atom is -0.483 e. The number of hydrogen-bond acceptors (Lipinski definition) is 4. The van der Waals surface area contributed by atoms with Gasteiger partial charge in [-0.05, 0) is 38.1 Å². The third-order valence-corrected chi connectivity index (χ3v) is 4.79. The van der Waals surface area contributed by atoms with Crippen LogP contribution in [0, 0.1) is 0 Å². The minimum atomic E-state index is -5.77. The molecule has 3 rings (SSSR count). The number of hydroxylamine groups is 1. The molecule has 1 N–H and O–H groups in total. The molecule has 1 aromatic carbocycles. The maximum atomic E-state index is 14.0. The maximum absolute atomic E-state index is 14.0. The summed E-state index contributed by atoms with van der Waals surface area (Å²) in [6.07, 6.45) is -4.37. The Morgan fingerprint density at radius 2 is 1.83 bits per heavy atom. The lowest BCUT2D eigenvalue weighted by Gasteiger charge is -2.38. The van der Waals surface area contributed by atoms with Crippen LogP contribution in [0.15, 0.2) is 53.0 Å². The van der Waals surface area contributed by atoms with Crippen molar-refractivity contribution in [3.63, 3.8) is 0 Å². The van der Waals surface area contributed by atoms with E-state index in [0.717, 1.165) is 6.07 Å². The highest BCUT2D eigenvalue weighted by Gasteiger charge is 2.59. The Morgan fingerprint density at radius 3 is 2.43 bits per heavy atom. The zero-order valence-corrected chi connectivity index (χ0v) is 16.3. The van der Waals surface area contributed by atoms with E-state index in [9.17, 15) is 26.7 Å². The predicted octanol–water partition coefficient (Wildman–Crippen LogP) is 4.08. The summed E-state index contributed by atoms with van der Waals surface area (Å²) in [5.41, 5.74) is 0.375. The Bertz CT molecular complexity index is 1040. The Hall–Kier alpha value is -2.72. The molecule has 30 heavy (non-hydrogen) atoms. The summed E-state index contributed by atoms with van der Waals surface area (Å²) in [7, 11) is 1.36. The number of nitrogens with zero attached hydrogens (tertiary/aromatic N) is 1. The van der Waals surface area contributed by atoms with E-state index in [2.05, 4.69) is 5.48 Å². The van der Waals surface area contributed by atoms with Gasteiger partial charge in [-0.3, -0.25) is 9.36 Å². The van der Waals surface area contributed by atoms with Gasteiger partial charge in [-0.25, -0.2) is 0 Å². The molecular weight excluding hydrogens is 411 g/mol. The molecule has 2 aromatic rings. The molecule has 2 heterocycles. The van der Waals surface area contributed by atoms with Crippen molar-refractivity contribution in [1.29, 1.82) is 0 Å². The second kappa shape index (κ2) is 7.51.